The zero-order valence-corrected chi connectivity index (χ0v) is 20.2. The highest BCUT2D eigenvalue weighted by molar-refractivity contribution is 5.79. The number of nitrogens with one attached hydrogen (secondary N) is 2. The number of piperidine rings is 1. The van der Waals surface area contributed by atoms with E-state index in [2.05, 4.69) is 58.5 Å². The number of rotatable bonds is 12. The summed E-state index contributed by atoms with van der Waals surface area (Å²) in [6, 6.07) is 8.24. The van der Waals surface area contributed by atoms with Crippen molar-refractivity contribution in [1.82, 2.24) is 20.4 Å². The van der Waals surface area contributed by atoms with E-state index in [4.69, 9.17) is 9.47 Å². The number of ether oxygens (including phenoxy) is 2. The fraction of sp³-hybridized carbons (Fsp3) is 0.708. The van der Waals surface area contributed by atoms with Gasteiger partial charge in [0, 0.05) is 45.9 Å². The van der Waals surface area contributed by atoms with Crippen LogP contribution in [0, 0.1) is 0 Å². The lowest BCUT2D eigenvalue weighted by Crippen LogP contribution is -2.54. The molecule has 1 fully saturated rings. The quantitative estimate of drug-likeness (QED) is 0.390. The number of likely N-dealkylation sites (tertiary alicyclic amines) is 1. The molecule has 0 amide bonds. The van der Waals surface area contributed by atoms with Gasteiger partial charge >= 0.3 is 0 Å². The average molecular weight is 434 g/mol. The van der Waals surface area contributed by atoms with Crippen LogP contribution in [0.5, 0.6) is 5.75 Å². The van der Waals surface area contributed by atoms with E-state index >= 15 is 0 Å². The molecular weight excluding hydrogens is 390 g/mol. The highest BCUT2D eigenvalue weighted by Crippen LogP contribution is 2.19. The molecule has 0 bridgehead atoms. The molecule has 1 aromatic carbocycles. The van der Waals surface area contributed by atoms with Crippen LogP contribution in [0.3, 0.4) is 0 Å². The van der Waals surface area contributed by atoms with E-state index in [1.807, 2.05) is 19.2 Å². The third-order valence-corrected chi connectivity index (χ3v) is 5.90. The van der Waals surface area contributed by atoms with Crippen molar-refractivity contribution in [3.05, 3.63) is 29.8 Å². The van der Waals surface area contributed by atoms with Gasteiger partial charge in [0.15, 0.2) is 5.96 Å². The zero-order chi connectivity index (χ0) is 22.5. The molecule has 176 valence electrons. The summed E-state index contributed by atoms with van der Waals surface area (Å²) in [4.78, 5) is 9.19. The summed E-state index contributed by atoms with van der Waals surface area (Å²) in [5.41, 5.74) is 1.28. The van der Waals surface area contributed by atoms with Crippen LogP contribution in [0.25, 0.3) is 0 Å². The molecule has 7 nitrogen and oxygen atoms in total. The third kappa shape index (κ3) is 9.46. The SMILES string of the molecule is CN=C(NCc1cccc(OCCN(C)CCOC)c1)NCC(C)(C)N1CCCCC1. The van der Waals surface area contributed by atoms with Crippen LogP contribution in [-0.4, -0.2) is 88.4 Å². The minimum absolute atomic E-state index is 0.113. The summed E-state index contributed by atoms with van der Waals surface area (Å²) in [6.45, 7) is 11.7. The van der Waals surface area contributed by atoms with Crippen molar-refractivity contribution in [1.29, 1.82) is 0 Å². The van der Waals surface area contributed by atoms with Gasteiger partial charge in [-0.05, 0) is 64.5 Å². The molecule has 0 spiro atoms. The fourth-order valence-corrected chi connectivity index (χ4v) is 3.74. The number of benzene rings is 1. The minimum atomic E-state index is 0.113. The third-order valence-electron chi connectivity index (χ3n) is 5.90. The van der Waals surface area contributed by atoms with Crippen molar-refractivity contribution in [3.8, 4) is 5.75 Å². The van der Waals surface area contributed by atoms with E-state index in [0.717, 1.165) is 38.0 Å². The predicted molar refractivity (Wildman–Crippen MR) is 129 cm³/mol. The Labute approximate surface area is 189 Å². The van der Waals surface area contributed by atoms with Crippen LogP contribution in [0.2, 0.25) is 0 Å². The smallest absolute Gasteiger partial charge is 0.191 e. The predicted octanol–water partition coefficient (Wildman–Crippen LogP) is 2.57. The molecular formula is C24H43N5O2. The standard InChI is InChI=1S/C24H43N5O2/c1-24(2,29-12-7-6-8-13-29)20-27-23(25-3)26-19-21-10-9-11-22(18-21)31-17-15-28(4)14-16-30-5/h9-11,18H,6-8,12-17,19-20H2,1-5H3,(H2,25,26,27). The molecule has 1 aliphatic heterocycles. The van der Waals surface area contributed by atoms with Crippen molar-refractivity contribution in [3.63, 3.8) is 0 Å². The van der Waals surface area contributed by atoms with Gasteiger partial charge in [-0.25, -0.2) is 0 Å². The molecule has 0 aromatic heterocycles. The Kier molecular flexibility index (Phi) is 11.1. The average Bonchev–Trinajstić information content (AvgIpc) is 2.78. The first-order valence-corrected chi connectivity index (χ1v) is 11.5. The Bertz CT molecular complexity index is 659. The Morgan fingerprint density at radius 3 is 2.58 bits per heavy atom. The summed E-state index contributed by atoms with van der Waals surface area (Å²) < 4.78 is 11.0. The second-order valence-electron chi connectivity index (χ2n) is 8.93. The second-order valence-corrected chi connectivity index (χ2v) is 8.93. The summed E-state index contributed by atoms with van der Waals surface area (Å²) in [5, 5.41) is 6.93. The number of hydrogen-bond acceptors (Lipinski definition) is 5. The molecule has 2 N–H and O–H groups in total. The molecule has 0 atom stereocenters. The van der Waals surface area contributed by atoms with E-state index in [1.165, 1.54) is 37.9 Å². The van der Waals surface area contributed by atoms with Gasteiger partial charge in [-0.1, -0.05) is 18.6 Å². The largest absolute Gasteiger partial charge is 0.492 e. The summed E-state index contributed by atoms with van der Waals surface area (Å²) in [5.74, 6) is 1.73. The number of methoxy groups -OCH3 is 1. The lowest BCUT2D eigenvalue weighted by Gasteiger charge is -2.41. The maximum Gasteiger partial charge on any atom is 0.191 e. The normalized spacial score (nSPS) is 15.9. The van der Waals surface area contributed by atoms with Gasteiger partial charge in [-0.3, -0.25) is 9.89 Å². The van der Waals surface area contributed by atoms with Crippen LogP contribution < -0.4 is 15.4 Å². The molecule has 1 saturated heterocycles. The summed E-state index contributed by atoms with van der Waals surface area (Å²) in [6.07, 6.45) is 3.97. The van der Waals surface area contributed by atoms with Crippen molar-refractivity contribution >= 4 is 5.96 Å². The maximum absolute atomic E-state index is 5.93. The summed E-state index contributed by atoms with van der Waals surface area (Å²) in [7, 11) is 5.63. The van der Waals surface area contributed by atoms with Crippen LogP contribution >= 0.6 is 0 Å². The Balaban J connectivity index is 1.75. The topological polar surface area (TPSA) is 61.4 Å². The van der Waals surface area contributed by atoms with Crippen molar-refractivity contribution < 1.29 is 9.47 Å². The zero-order valence-electron chi connectivity index (χ0n) is 20.2. The first-order valence-electron chi connectivity index (χ1n) is 11.5. The molecule has 1 aromatic rings. The van der Waals surface area contributed by atoms with E-state index in [9.17, 15) is 0 Å². The van der Waals surface area contributed by atoms with Gasteiger partial charge in [0.1, 0.15) is 12.4 Å². The van der Waals surface area contributed by atoms with Crippen LogP contribution in [0.1, 0.15) is 38.7 Å². The molecule has 31 heavy (non-hydrogen) atoms. The highest BCUT2D eigenvalue weighted by atomic mass is 16.5. The van der Waals surface area contributed by atoms with Gasteiger partial charge in [0.25, 0.3) is 0 Å². The number of hydrogen-bond donors (Lipinski definition) is 2. The minimum Gasteiger partial charge on any atom is -0.492 e. The monoisotopic (exact) mass is 433 g/mol. The van der Waals surface area contributed by atoms with Gasteiger partial charge in [0.05, 0.1) is 6.61 Å². The molecule has 7 heteroatoms. The Morgan fingerprint density at radius 1 is 1.13 bits per heavy atom. The summed E-state index contributed by atoms with van der Waals surface area (Å²) >= 11 is 0. The van der Waals surface area contributed by atoms with E-state index < -0.39 is 0 Å². The van der Waals surface area contributed by atoms with Crippen LogP contribution in [0.15, 0.2) is 29.3 Å². The first-order chi connectivity index (χ1) is 14.9. The van der Waals surface area contributed by atoms with E-state index in [-0.39, 0.29) is 5.54 Å². The molecule has 0 unspecified atom stereocenters. The van der Waals surface area contributed by atoms with E-state index in [0.29, 0.717) is 13.2 Å². The van der Waals surface area contributed by atoms with Crippen LogP contribution in [0.4, 0.5) is 0 Å². The lowest BCUT2D eigenvalue weighted by molar-refractivity contribution is 0.0982. The molecule has 0 aliphatic carbocycles. The first kappa shape index (κ1) is 25.4. The van der Waals surface area contributed by atoms with Crippen LogP contribution in [-0.2, 0) is 11.3 Å². The molecule has 1 heterocycles. The lowest BCUT2D eigenvalue weighted by atomic mass is 9.98. The van der Waals surface area contributed by atoms with E-state index in [1.54, 1.807) is 7.11 Å². The Morgan fingerprint density at radius 2 is 1.87 bits per heavy atom. The number of guanidine groups is 1. The molecule has 2 rings (SSSR count). The molecule has 1 aliphatic rings. The van der Waals surface area contributed by atoms with Crippen molar-refractivity contribution in [2.75, 3.05) is 67.1 Å². The second kappa shape index (κ2) is 13.6. The number of nitrogens with zero attached hydrogens (tertiary/aromatic N) is 3. The van der Waals surface area contributed by atoms with Crippen molar-refractivity contribution in [2.45, 2.75) is 45.2 Å². The highest BCUT2D eigenvalue weighted by Gasteiger charge is 2.27. The van der Waals surface area contributed by atoms with Gasteiger partial charge < -0.3 is 25.0 Å². The molecule has 0 radical (unpaired) electrons. The Hall–Kier alpha value is -1.83. The van der Waals surface area contributed by atoms with Gasteiger partial charge in [-0.2, -0.15) is 0 Å². The number of aliphatic imine (C=N–C) groups is 1. The molecule has 0 saturated carbocycles. The van der Waals surface area contributed by atoms with Gasteiger partial charge in [-0.15, -0.1) is 0 Å². The number of likely N-dealkylation sites (N-methyl/N-ethyl adjacent to an activating group) is 1. The maximum atomic E-state index is 5.93. The fourth-order valence-electron chi connectivity index (χ4n) is 3.74. The van der Waals surface area contributed by atoms with Crippen molar-refractivity contribution in [2.24, 2.45) is 4.99 Å². The van der Waals surface area contributed by atoms with Gasteiger partial charge in [0.2, 0.25) is 0 Å².